The lowest BCUT2D eigenvalue weighted by Crippen LogP contribution is -2.30. The van der Waals surface area contributed by atoms with Crippen LogP contribution in [-0.2, 0) is 9.53 Å². The lowest BCUT2D eigenvalue weighted by Gasteiger charge is -2.13. The normalized spacial score (nSPS) is 11.8. The molecule has 2 aromatic carbocycles. The summed E-state index contributed by atoms with van der Waals surface area (Å²) in [6.45, 7) is 2.96. The lowest BCUT2D eigenvalue weighted by molar-refractivity contribution is -0.383. The van der Waals surface area contributed by atoms with E-state index in [-0.39, 0.29) is 16.3 Å². The van der Waals surface area contributed by atoms with Crippen LogP contribution in [0, 0.1) is 22.9 Å². The van der Waals surface area contributed by atoms with Crippen LogP contribution >= 0.6 is 11.3 Å². The van der Waals surface area contributed by atoms with E-state index in [4.69, 9.17) is 4.74 Å². The standard InChI is InChI=1S/C19H15FN2O5S/c1-10-16-12(20)6-5-9-15(16)28-17(10)19(24)27-11(2)18(23)21-13-7-3-4-8-14(13)22(25)26/h3-9,11H,1-2H3,(H,21,23)/t11-/m0/s1. The van der Waals surface area contributed by atoms with E-state index in [9.17, 15) is 24.1 Å². The highest BCUT2D eigenvalue weighted by Crippen LogP contribution is 2.33. The number of ether oxygens (including phenoxy) is 1. The largest absolute Gasteiger partial charge is 0.448 e. The maximum atomic E-state index is 14.0. The van der Waals surface area contributed by atoms with Crippen LogP contribution in [0.2, 0.25) is 0 Å². The first-order valence-electron chi connectivity index (χ1n) is 8.22. The second kappa shape index (κ2) is 7.73. The summed E-state index contributed by atoms with van der Waals surface area (Å²) in [6.07, 6.45) is -1.21. The Labute approximate surface area is 162 Å². The number of hydrogen-bond acceptors (Lipinski definition) is 6. The van der Waals surface area contributed by atoms with Crippen molar-refractivity contribution in [2.45, 2.75) is 20.0 Å². The number of aryl methyl sites for hydroxylation is 1. The number of nitrogens with one attached hydrogen (secondary N) is 1. The van der Waals surface area contributed by atoms with E-state index in [1.807, 2.05) is 0 Å². The smallest absolute Gasteiger partial charge is 0.349 e. The number of carbonyl (C=O) groups excluding carboxylic acids is 2. The van der Waals surface area contributed by atoms with E-state index in [2.05, 4.69) is 5.32 Å². The minimum atomic E-state index is -1.21. The predicted molar refractivity (Wildman–Crippen MR) is 103 cm³/mol. The van der Waals surface area contributed by atoms with Crippen LogP contribution in [0.4, 0.5) is 15.8 Å². The molecule has 3 rings (SSSR count). The number of rotatable bonds is 5. The first kappa shape index (κ1) is 19.4. The fourth-order valence-corrected chi connectivity index (χ4v) is 3.79. The molecule has 0 saturated heterocycles. The zero-order valence-electron chi connectivity index (χ0n) is 14.9. The van der Waals surface area contributed by atoms with Gasteiger partial charge in [-0.05, 0) is 37.6 Å². The third-order valence-electron chi connectivity index (χ3n) is 4.10. The number of esters is 1. The van der Waals surface area contributed by atoms with Gasteiger partial charge in [-0.3, -0.25) is 14.9 Å². The van der Waals surface area contributed by atoms with Crippen LogP contribution in [0.5, 0.6) is 0 Å². The van der Waals surface area contributed by atoms with Crippen LogP contribution in [0.15, 0.2) is 42.5 Å². The van der Waals surface area contributed by atoms with Crippen molar-refractivity contribution in [2.75, 3.05) is 5.32 Å². The molecule has 1 atom stereocenters. The molecule has 3 aromatic rings. The second-order valence-corrected chi connectivity index (χ2v) is 7.03. The highest BCUT2D eigenvalue weighted by Gasteiger charge is 2.25. The zero-order valence-corrected chi connectivity index (χ0v) is 15.7. The molecule has 144 valence electrons. The molecule has 0 bridgehead atoms. The van der Waals surface area contributed by atoms with E-state index in [1.165, 1.54) is 37.3 Å². The Balaban J connectivity index is 1.76. The summed E-state index contributed by atoms with van der Waals surface area (Å²) in [7, 11) is 0. The number of nitro benzene ring substituents is 1. The number of anilines is 1. The molecule has 28 heavy (non-hydrogen) atoms. The number of amides is 1. The average Bonchev–Trinajstić information content (AvgIpc) is 3.00. The molecular formula is C19H15FN2O5S. The van der Waals surface area contributed by atoms with Crippen molar-refractivity contribution >= 4 is 44.7 Å². The first-order chi connectivity index (χ1) is 13.3. The van der Waals surface area contributed by atoms with Crippen molar-refractivity contribution in [2.24, 2.45) is 0 Å². The van der Waals surface area contributed by atoms with Crippen molar-refractivity contribution in [1.82, 2.24) is 0 Å². The Kier molecular flexibility index (Phi) is 5.36. The summed E-state index contributed by atoms with van der Waals surface area (Å²) in [6, 6.07) is 10.2. The Morgan fingerprint density at radius 3 is 2.61 bits per heavy atom. The summed E-state index contributed by atoms with van der Waals surface area (Å²) in [5, 5.41) is 13.8. The first-order valence-corrected chi connectivity index (χ1v) is 9.04. The molecule has 0 saturated carbocycles. The fourth-order valence-electron chi connectivity index (χ4n) is 2.69. The van der Waals surface area contributed by atoms with Gasteiger partial charge < -0.3 is 10.1 Å². The molecule has 9 heteroatoms. The van der Waals surface area contributed by atoms with Gasteiger partial charge in [-0.1, -0.05) is 18.2 Å². The van der Waals surface area contributed by atoms with Gasteiger partial charge in [0.05, 0.1) is 4.92 Å². The SMILES string of the molecule is Cc1c(C(=O)O[C@@H](C)C(=O)Nc2ccccc2[N+](=O)[O-])sc2cccc(F)c12. The average molecular weight is 402 g/mol. The molecule has 0 unspecified atom stereocenters. The minimum Gasteiger partial charge on any atom is -0.448 e. The molecule has 7 nitrogen and oxygen atoms in total. The Hall–Kier alpha value is -3.33. The number of benzene rings is 2. The third-order valence-corrected chi connectivity index (χ3v) is 5.34. The van der Waals surface area contributed by atoms with Crippen molar-refractivity contribution in [1.29, 1.82) is 0 Å². The van der Waals surface area contributed by atoms with Crippen LogP contribution < -0.4 is 5.32 Å². The summed E-state index contributed by atoms with van der Waals surface area (Å²) < 4.78 is 19.8. The lowest BCUT2D eigenvalue weighted by atomic mass is 10.1. The van der Waals surface area contributed by atoms with Crippen LogP contribution in [0.3, 0.4) is 0 Å². The quantitative estimate of drug-likeness (QED) is 0.386. The van der Waals surface area contributed by atoms with Crippen LogP contribution in [0.1, 0.15) is 22.2 Å². The minimum absolute atomic E-state index is 0.000475. The van der Waals surface area contributed by atoms with Gasteiger partial charge in [0.25, 0.3) is 11.6 Å². The predicted octanol–water partition coefficient (Wildman–Crippen LogP) is 4.44. The second-order valence-electron chi connectivity index (χ2n) is 5.98. The number of carbonyl (C=O) groups is 2. The van der Waals surface area contributed by atoms with Crippen molar-refractivity contribution in [3.8, 4) is 0 Å². The highest BCUT2D eigenvalue weighted by atomic mass is 32.1. The highest BCUT2D eigenvalue weighted by molar-refractivity contribution is 7.21. The molecule has 1 aromatic heterocycles. The van der Waals surface area contributed by atoms with E-state index >= 15 is 0 Å². The molecular weight excluding hydrogens is 387 g/mol. The Morgan fingerprint density at radius 1 is 1.21 bits per heavy atom. The molecule has 0 aliphatic carbocycles. The van der Waals surface area contributed by atoms with Gasteiger partial charge in [-0.15, -0.1) is 11.3 Å². The maximum absolute atomic E-state index is 14.0. The number of nitrogens with zero attached hydrogens (tertiary/aromatic N) is 1. The number of thiophene rings is 1. The van der Waals surface area contributed by atoms with Gasteiger partial charge in [0.1, 0.15) is 16.4 Å². The van der Waals surface area contributed by atoms with E-state index < -0.39 is 28.7 Å². The van der Waals surface area contributed by atoms with Crippen molar-refractivity contribution in [3.63, 3.8) is 0 Å². The van der Waals surface area contributed by atoms with E-state index in [0.717, 1.165) is 11.3 Å². The molecule has 0 spiro atoms. The zero-order chi connectivity index (χ0) is 20.4. The van der Waals surface area contributed by atoms with Gasteiger partial charge in [0.15, 0.2) is 6.10 Å². The Morgan fingerprint density at radius 2 is 1.93 bits per heavy atom. The Bertz CT molecular complexity index is 1100. The number of nitro groups is 1. The number of fused-ring (bicyclic) bond motifs is 1. The summed E-state index contributed by atoms with van der Waals surface area (Å²) >= 11 is 1.07. The van der Waals surface area contributed by atoms with E-state index in [0.29, 0.717) is 15.6 Å². The number of hydrogen-bond donors (Lipinski definition) is 1. The fraction of sp³-hybridized carbons (Fsp3) is 0.158. The molecule has 0 fully saturated rings. The summed E-state index contributed by atoms with van der Waals surface area (Å²) in [4.78, 5) is 35.4. The molecule has 0 aliphatic heterocycles. The molecule has 1 heterocycles. The van der Waals surface area contributed by atoms with Gasteiger partial charge in [0.2, 0.25) is 0 Å². The van der Waals surface area contributed by atoms with E-state index in [1.54, 1.807) is 19.1 Å². The monoisotopic (exact) mass is 402 g/mol. The van der Waals surface area contributed by atoms with Gasteiger partial charge in [0, 0.05) is 16.2 Å². The molecule has 0 aliphatic rings. The number of para-hydroxylation sites is 2. The van der Waals surface area contributed by atoms with Gasteiger partial charge in [-0.25, -0.2) is 9.18 Å². The van der Waals surface area contributed by atoms with Gasteiger partial charge in [-0.2, -0.15) is 0 Å². The van der Waals surface area contributed by atoms with Crippen LogP contribution in [0.25, 0.3) is 10.1 Å². The topological polar surface area (TPSA) is 98.5 Å². The maximum Gasteiger partial charge on any atom is 0.349 e. The number of halogens is 1. The summed E-state index contributed by atoms with van der Waals surface area (Å²) in [5.41, 5.74) is 0.167. The summed E-state index contributed by atoms with van der Waals surface area (Å²) in [5.74, 6) is -1.91. The van der Waals surface area contributed by atoms with Crippen molar-refractivity contribution in [3.05, 3.63) is 68.8 Å². The molecule has 1 amide bonds. The molecule has 0 radical (unpaired) electrons. The van der Waals surface area contributed by atoms with Crippen molar-refractivity contribution < 1.29 is 23.6 Å². The third kappa shape index (κ3) is 3.70. The van der Waals surface area contributed by atoms with Crippen LogP contribution in [-0.4, -0.2) is 22.9 Å². The molecule has 1 N–H and O–H groups in total. The van der Waals surface area contributed by atoms with Gasteiger partial charge >= 0.3 is 5.97 Å².